The lowest BCUT2D eigenvalue weighted by molar-refractivity contribution is 0.101. The summed E-state index contributed by atoms with van der Waals surface area (Å²) in [5.74, 6) is 0.162. The molecule has 0 atom stereocenters. The van der Waals surface area contributed by atoms with Crippen LogP contribution < -0.4 is 10.4 Å². The van der Waals surface area contributed by atoms with E-state index in [0.29, 0.717) is 0 Å². The summed E-state index contributed by atoms with van der Waals surface area (Å²) < 4.78 is 0. The van der Waals surface area contributed by atoms with Crippen LogP contribution in [0.2, 0.25) is 26.2 Å². The van der Waals surface area contributed by atoms with E-state index >= 15 is 0 Å². The number of rotatable bonds is 1. The molecule has 90 valence electrons. The Balaban J connectivity index is 2.73. The minimum Gasteiger partial charge on any atom is -0.295 e. The lowest BCUT2D eigenvalue weighted by Gasteiger charge is -2.24. The van der Waals surface area contributed by atoms with Crippen LogP contribution in [-0.4, -0.2) is 21.9 Å². The minimum atomic E-state index is -1.56. The molecule has 1 aliphatic heterocycles. The van der Waals surface area contributed by atoms with Crippen molar-refractivity contribution in [1.29, 1.82) is 0 Å². The van der Waals surface area contributed by atoms with Gasteiger partial charge in [-0.05, 0) is 6.92 Å². The molecule has 0 radical (unpaired) electrons. The van der Waals surface area contributed by atoms with Crippen LogP contribution in [0.4, 0.5) is 0 Å². The Morgan fingerprint density at radius 2 is 1.59 bits per heavy atom. The number of hydrogen-bond donors (Lipinski definition) is 0. The van der Waals surface area contributed by atoms with E-state index in [-0.39, 0.29) is 5.78 Å². The summed E-state index contributed by atoms with van der Waals surface area (Å²) in [5, 5.41) is 2.95. The number of ketones is 1. The van der Waals surface area contributed by atoms with Gasteiger partial charge in [0.2, 0.25) is 0 Å². The van der Waals surface area contributed by atoms with Crippen molar-refractivity contribution in [3.05, 3.63) is 35.2 Å². The fourth-order valence-corrected chi connectivity index (χ4v) is 15.0. The molecule has 0 N–H and O–H groups in total. The Bertz CT molecular complexity index is 527. The first-order valence-corrected chi connectivity index (χ1v) is 12.0. The lowest BCUT2D eigenvalue weighted by Crippen LogP contribution is -2.44. The van der Waals surface area contributed by atoms with E-state index in [2.05, 4.69) is 44.9 Å². The van der Waals surface area contributed by atoms with Crippen LogP contribution in [-0.2, 0) is 0 Å². The average Bonchev–Trinajstić information content (AvgIpc) is 2.38. The highest BCUT2D eigenvalue weighted by Gasteiger charge is 2.47. The van der Waals surface area contributed by atoms with Crippen molar-refractivity contribution in [1.82, 2.24) is 0 Å². The summed E-state index contributed by atoms with van der Waals surface area (Å²) in [7, 11) is -3.06. The van der Waals surface area contributed by atoms with Crippen LogP contribution in [0.15, 0.2) is 29.6 Å². The third-order valence-electron chi connectivity index (χ3n) is 4.28. The molecule has 0 spiro atoms. The van der Waals surface area contributed by atoms with E-state index in [0.717, 1.165) is 5.56 Å². The highest BCUT2D eigenvalue weighted by atomic mass is 28.4. The molecule has 0 bridgehead atoms. The number of benzene rings is 1. The van der Waals surface area contributed by atoms with Gasteiger partial charge in [0.05, 0.1) is 0 Å². The van der Waals surface area contributed by atoms with Gasteiger partial charge in [-0.15, -0.1) is 6.58 Å². The summed E-state index contributed by atoms with van der Waals surface area (Å²) in [4.78, 5) is 13.0. The van der Waals surface area contributed by atoms with Crippen LogP contribution in [0.25, 0.3) is 0 Å². The molecule has 0 amide bonds. The Hall–Kier alpha value is -0.936. The monoisotopic (exact) mass is 260 g/mol. The molecule has 1 aromatic rings. The summed E-state index contributed by atoms with van der Waals surface area (Å²) in [6.07, 6.45) is 0. The zero-order chi connectivity index (χ0) is 13.0. The topological polar surface area (TPSA) is 17.1 Å². The van der Waals surface area contributed by atoms with Gasteiger partial charge in [0.25, 0.3) is 0 Å². The number of Topliss-reactive ketones (excluding diaryl/α,β-unsaturated/α-hetero) is 1. The summed E-state index contributed by atoms with van der Waals surface area (Å²) >= 11 is 0. The Kier molecular flexibility index (Phi) is 2.60. The van der Waals surface area contributed by atoms with Gasteiger partial charge in [-0.2, -0.15) is 0 Å². The molecule has 0 aromatic heterocycles. The van der Waals surface area contributed by atoms with Crippen LogP contribution in [0.1, 0.15) is 17.3 Å². The third kappa shape index (κ3) is 1.60. The van der Waals surface area contributed by atoms with Crippen molar-refractivity contribution in [3.63, 3.8) is 0 Å². The average molecular weight is 260 g/mol. The molecule has 17 heavy (non-hydrogen) atoms. The predicted octanol–water partition coefficient (Wildman–Crippen LogP) is 2.37. The first-order valence-electron chi connectivity index (χ1n) is 6.05. The first kappa shape index (κ1) is 12.5. The Morgan fingerprint density at radius 3 is 2.12 bits per heavy atom. The van der Waals surface area contributed by atoms with Gasteiger partial charge >= 0.3 is 0 Å². The summed E-state index contributed by atoms with van der Waals surface area (Å²) in [5.41, 5.74) is 0.851. The maximum Gasteiger partial charge on any atom is 0.159 e. The Morgan fingerprint density at radius 1 is 1.06 bits per heavy atom. The molecule has 1 heterocycles. The summed E-state index contributed by atoms with van der Waals surface area (Å²) in [6.45, 7) is 15.5. The van der Waals surface area contributed by atoms with Gasteiger partial charge in [-0.25, -0.2) is 0 Å². The van der Waals surface area contributed by atoms with Gasteiger partial charge in [-0.1, -0.05) is 59.6 Å². The maximum absolute atomic E-state index is 11.5. The molecule has 0 unspecified atom stereocenters. The van der Waals surface area contributed by atoms with Gasteiger partial charge in [-0.3, -0.25) is 4.79 Å². The second-order valence-electron chi connectivity index (χ2n) is 6.05. The van der Waals surface area contributed by atoms with Gasteiger partial charge < -0.3 is 0 Å². The summed E-state index contributed by atoms with van der Waals surface area (Å²) in [6, 6.07) is 6.31. The second-order valence-corrected chi connectivity index (χ2v) is 15.3. The molecule has 0 saturated heterocycles. The zero-order valence-corrected chi connectivity index (χ0v) is 13.3. The van der Waals surface area contributed by atoms with E-state index in [1.54, 1.807) is 6.92 Å². The van der Waals surface area contributed by atoms with E-state index in [1.165, 1.54) is 15.2 Å². The van der Waals surface area contributed by atoms with Crippen LogP contribution in [0, 0.1) is 0 Å². The molecule has 0 saturated carbocycles. The fraction of sp³-hybridized carbons (Fsp3) is 0.357. The number of carbonyl (C=O) groups excluding carboxylic acids is 1. The van der Waals surface area contributed by atoms with Crippen molar-refractivity contribution in [2.24, 2.45) is 0 Å². The van der Waals surface area contributed by atoms with Crippen molar-refractivity contribution in [2.75, 3.05) is 0 Å². The molecular formula is C14H20OSi2. The zero-order valence-electron chi connectivity index (χ0n) is 11.3. The second kappa shape index (κ2) is 3.53. The van der Waals surface area contributed by atoms with E-state index in [4.69, 9.17) is 0 Å². The number of fused-ring (bicyclic) bond motifs is 1. The maximum atomic E-state index is 11.5. The molecule has 0 fully saturated rings. The smallest absolute Gasteiger partial charge is 0.159 e. The van der Waals surface area contributed by atoms with Gasteiger partial charge in [0, 0.05) is 5.56 Å². The van der Waals surface area contributed by atoms with E-state index in [9.17, 15) is 4.79 Å². The van der Waals surface area contributed by atoms with Crippen LogP contribution >= 0.6 is 0 Å². The highest BCUT2D eigenvalue weighted by Crippen LogP contribution is 2.29. The van der Waals surface area contributed by atoms with Gasteiger partial charge in [0.15, 0.2) is 5.78 Å². The standard InChI is InChI=1S/C14H20OSi2/c1-10(15)12-7-8-13-14(9-12)17(5,6)11(2)16(13,3)4/h7-9H,2H2,1,3-6H3. The van der Waals surface area contributed by atoms with E-state index in [1.807, 2.05) is 6.07 Å². The molecule has 3 heteroatoms. The molecule has 2 rings (SSSR count). The largest absolute Gasteiger partial charge is 0.295 e. The minimum absolute atomic E-state index is 0.162. The van der Waals surface area contributed by atoms with Crippen molar-refractivity contribution in [3.8, 4) is 0 Å². The molecule has 0 aliphatic carbocycles. The third-order valence-corrected chi connectivity index (χ3v) is 14.8. The lowest BCUT2D eigenvalue weighted by atomic mass is 10.1. The van der Waals surface area contributed by atoms with E-state index < -0.39 is 16.1 Å². The molecule has 1 nitrogen and oxygen atoms in total. The predicted molar refractivity (Wildman–Crippen MR) is 79.8 cm³/mol. The first-order chi connectivity index (χ1) is 7.69. The molecular weight excluding hydrogens is 240 g/mol. The van der Waals surface area contributed by atoms with Crippen molar-refractivity contribution in [2.45, 2.75) is 33.1 Å². The fourth-order valence-electron chi connectivity index (χ4n) is 2.93. The number of hydrogen-bond acceptors (Lipinski definition) is 1. The molecule has 1 aliphatic rings. The normalized spacial score (nSPS) is 20.2. The van der Waals surface area contributed by atoms with Crippen LogP contribution in [0.5, 0.6) is 0 Å². The molecule has 1 aromatic carbocycles. The SMILES string of the molecule is C=C1[Si](C)(C)c2ccc(C(C)=O)cc2[Si]1(C)C. The van der Waals surface area contributed by atoms with Crippen molar-refractivity contribution >= 4 is 32.3 Å². The number of carbonyl (C=O) groups is 1. The Labute approximate surface area is 106 Å². The van der Waals surface area contributed by atoms with Crippen molar-refractivity contribution < 1.29 is 4.79 Å². The van der Waals surface area contributed by atoms with Crippen LogP contribution in [0.3, 0.4) is 0 Å². The van der Waals surface area contributed by atoms with Gasteiger partial charge in [0.1, 0.15) is 16.1 Å². The highest BCUT2D eigenvalue weighted by molar-refractivity contribution is 7.22. The quantitative estimate of drug-likeness (QED) is 0.560.